The predicted molar refractivity (Wildman–Crippen MR) is 62.9 cm³/mol. The van der Waals surface area contributed by atoms with Crippen molar-refractivity contribution in [1.29, 1.82) is 0 Å². The van der Waals surface area contributed by atoms with E-state index in [1.807, 2.05) is 20.8 Å². The van der Waals surface area contributed by atoms with Gasteiger partial charge in [0, 0.05) is 6.04 Å². The van der Waals surface area contributed by atoms with Gasteiger partial charge in [-0.3, -0.25) is 0 Å². The van der Waals surface area contributed by atoms with E-state index in [1.165, 1.54) is 13.2 Å². The molecule has 88 valence electrons. The van der Waals surface area contributed by atoms with Crippen molar-refractivity contribution >= 4 is 11.7 Å². The largest absolute Gasteiger partial charge is 0.508 e. The Morgan fingerprint density at radius 1 is 1.44 bits per heavy atom. The number of esters is 1. The van der Waals surface area contributed by atoms with Crippen LogP contribution in [0.2, 0.25) is 0 Å². The van der Waals surface area contributed by atoms with Crippen LogP contribution in [0.4, 0.5) is 5.69 Å². The molecule has 0 aromatic heterocycles. The molecule has 0 aliphatic carbocycles. The van der Waals surface area contributed by atoms with Gasteiger partial charge in [0.15, 0.2) is 0 Å². The third kappa shape index (κ3) is 2.66. The van der Waals surface area contributed by atoms with Gasteiger partial charge in [-0.25, -0.2) is 4.79 Å². The molecule has 1 aromatic carbocycles. The van der Waals surface area contributed by atoms with Gasteiger partial charge in [0.1, 0.15) is 5.75 Å². The third-order valence-electron chi connectivity index (χ3n) is 2.16. The molecule has 0 unspecified atom stereocenters. The fourth-order valence-corrected chi connectivity index (χ4v) is 1.52. The van der Waals surface area contributed by atoms with Crippen LogP contribution in [0.5, 0.6) is 5.75 Å². The number of anilines is 1. The molecule has 0 saturated heterocycles. The van der Waals surface area contributed by atoms with E-state index in [9.17, 15) is 9.90 Å². The van der Waals surface area contributed by atoms with Crippen molar-refractivity contribution in [1.82, 2.24) is 0 Å². The molecule has 4 nitrogen and oxygen atoms in total. The first-order valence-electron chi connectivity index (χ1n) is 5.14. The molecule has 0 spiro atoms. The number of phenolic OH excluding ortho intramolecular Hbond substituents is 1. The standard InChI is InChI=1S/C12H17NO3/c1-7(2)13-11-8(3)5-9(14)6-10(11)12(15)16-4/h5-7,13-14H,1-4H3. The van der Waals surface area contributed by atoms with Gasteiger partial charge in [0.25, 0.3) is 0 Å². The molecule has 0 amide bonds. The highest BCUT2D eigenvalue weighted by molar-refractivity contribution is 5.97. The second-order valence-corrected chi connectivity index (χ2v) is 3.98. The van der Waals surface area contributed by atoms with E-state index in [2.05, 4.69) is 10.1 Å². The van der Waals surface area contributed by atoms with Gasteiger partial charge >= 0.3 is 5.97 Å². The molecule has 1 rings (SSSR count). The van der Waals surface area contributed by atoms with E-state index in [-0.39, 0.29) is 11.8 Å². The van der Waals surface area contributed by atoms with Crippen molar-refractivity contribution in [2.24, 2.45) is 0 Å². The maximum absolute atomic E-state index is 11.5. The topological polar surface area (TPSA) is 58.6 Å². The maximum atomic E-state index is 11.5. The van der Waals surface area contributed by atoms with Gasteiger partial charge in [-0.15, -0.1) is 0 Å². The number of hydrogen-bond donors (Lipinski definition) is 2. The number of phenols is 1. The second-order valence-electron chi connectivity index (χ2n) is 3.98. The van der Waals surface area contributed by atoms with Crippen LogP contribution in [0.1, 0.15) is 29.8 Å². The molecule has 0 heterocycles. The molecular weight excluding hydrogens is 206 g/mol. The number of aromatic hydroxyl groups is 1. The molecule has 0 fully saturated rings. The van der Waals surface area contributed by atoms with Crippen molar-refractivity contribution in [3.05, 3.63) is 23.3 Å². The number of ether oxygens (including phenoxy) is 1. The van der Waals surface area contributed by atoms with Gasteiger partial charge < -0.3 is 15.2 Å². The van der Waals surface area contributed by atoms with E-state index in [0.717, 1.165) is 5.56 Å². The van der Waals surface area contributed by atoms with Gasteiger partial charge in [-0.1, -0.05) is 0 Å². The van der Waals surface area contributed by atoms with Crippen LogP contribution in [-0.2, 0) is 4.74 Å². The van der Waals surface area contributed by atoms with Crippen LogP contribution in [0.3, 0.4) is 0 Å². The molecule has 0 saturated carbocycles. The summed E-state index contributed by atoms with van der Waals surface area (Å²) in [6.07, 6.45) is 0. The van der Waals surface area contributed by atoms with Gasteiger partial charge in [0.2, 0.25) is 0 Å². The van der Waals surface area contributed by atoms with Crippen LogP contribution in [0.25, 0.3) is 0 Å². The van der Waals surface area contributed by atoms with Crippen molar-refractivity contribution in [3.8, 4) is 5.75 Å². The number of carbonyl (C=O) groups is 1. The normalized spacial score (nSPS) is 10.3. The molecule has 0 radical (unpaired) electrons. The van der Waals surface area contributed by atoms with E-state index in [1.54, 1.807) is 6.07 Å². The highest BCUT2D eigenvalue weighted by atomic mass is 16.5. The predicted octanol–water partition coefficient (Wildman–Crippen LogP) is 2.31. The Balaban J connectivity index is 3.26. The summed E-state index contributed by atoms with van der Waals surface area (Å²) in [4.78, 5) is 11.5. The molecule has 0 aliphatic heterocycles. The minimum Gasteiger partial charge on any atom is -0.508 e. The quantitative estimate of drug-likeness (QED) is 0.610. The first-order valence-corrected chi connectivity index (χ1v) is 5.14. The van der Waals surface area contributed by atoms with E-state index >= 15 is 0 Å². The lowest BCUT2D eigenvalue weighted by Crippen LogP contribution is -2.15. The van der Waals surface area contributed by atoms with Crippen molar-refractivity contribution in [3.63, 3.8) is 0 Å². The molecule has 1 aromatic rings. The Kier molecular flexibility index (Phi) is 3.77. The lowest BCUT2D eigenvalue weighted by Gasteiger charge is -2.16. The summed E-state index contributed by atoms with van der Waals surface area (Å²) < 4.78 is 4.68. The van der Waals surface area contributed by atoms with Crippen molar-refractivity contribution < 1.29 is 14.6 Å². The average molecular weight is 223 g/mol. The molecule has 4 heteroatoms. The minimum atomic E-state index is -0.456. The summed E-state index contributed by atoms with van der Waals surface area (Å²) in [5.41, 5.74) is 1.88. The summed E-state index contributed by atoms with van der Waals surface area (Å²) in [5.74, 6) is -0.394. The zero-order chi connectivity index (χ0) is 12.3. The number of carbonyl (C=O) groups excluding carboxylic acids is 1. The van der Waals surface area contributed by atoms with Gasteiger partial charge in [-0.05, 0) is 38.5 Å². The fraction of sp³-hybridized carbons (Fsp3) is 0.417. The summed E-state index contributed by atoms with van der Waals surface area (Å²) in [5, 5.41) is 12.6. The Bertz CT molecular complexity index is 399. The molecule has 16 heavy (non-hydrogen) atoms. The number of hydrogen-bond acceptors (Lipinski definition) is 4. The first-order chi connectivity index (χ1) is 7.45. The highest BCUT2D eigenvalue weighted by Gasteiger charge is 2.16. The lowest BCUT2D eigenvalue weighted by atomic mass is 10.1. The third-order valence-corrected chi connectivity index (χ3v) is 2.16. The van der Waals surface area contributed by atoms with Crippen LogP contribution in [-0.4, -0.2) is 24.2 Å². The van der Waals surface area contributed by atoms with Gasteiger partial charge in [0.05, 0.1) is 18.4 Å². The van der Waals surface area contributed by atoms with Crippen LogP contribution < -0.4 is 5.32 Å². The zero-order valence-electron chi connectivity index (χ0n) is 10.00. The number of rotatable bonds is 3. The fourth-order valence-electron chi connectivity index (χ4n) is 1.52. The smallest absolute Gasteiger partial charge is 0.340 e. The van der Waals surface area contributed by atoms with E-state index in [0.29, 0.717) is 11.3 Å². The average Bonchev–Trinajstić information content (AvgIpc) is 2.20. The molecule has 0 aliphatic rings. The lowest BCUT2D eigenvalue weighted by molar-refractivity contribution is 0.0601. The second kappa shape index (κ2) is 4.88. The van der Waals surface area contributed by atoms with Crippen LogP contribution in [0, 0.1) is 6.92 Å². The van der Waals surface area contributed by atoms with Crippen molar-refractivity contribution in [2.75, 3.05) is 12.4 Å². The number of aryl methyl sites for hydroxylation is 1. The Labute approximate surface area is 95.2 Å². The van der Waals surface area contributed by atoms with Crippen LogP contribution in [0.15, 0.2) is 12.1 Å². The van der Waals surface area contributed by atoms with Crippen LogP contribution >= 0.6 is 0 Å². The summed E-state index contributed by atoms with van der Waals surface area (Å²) >= 11 is 0. The maximum Gasteiger partial charge on any atom is 0.340 e. The number of methoxy groups -OCH3 is 1. The summed E-state index contributed by atoms with van der Waals surface area (Å²) in [6, 6.07) is 3.22. The van der Waals surface area contributed by atoms with Crippen molar-refractivity contribution in [2.45, 2.75) is 26.8 Å². The molecular formula is C12H17NO3. The monoisotopic (exact) mass is 223 g/mol. The molecule has 2 N–H and O–H groups in total. The Hall–Kier alpha value is -1.71. The zero-order valence-corrected chi connectivity index (χ0v) is 10.00. The summed E-state index contributed by atoms with van der Waals surface area (Å²) in [7, 11) is 1.32. The Morgan fingerprint density at radius 2 is 2.06 bits per heavy atom. The van der Waals surface area contributed by atoms with Gasteiger partial charge in [-0.2, -0.15) is 0 Å². The molecule has 0 atom stereocenters. The number of benzene rings is 1. The Morgan fingerprint density at radius 3 is 2.56 bits per heavy atom. The SMILES string of the molecule is COC(=O)c1cc(O)cc(C)c1NC(C)C. The van der Waals surface area contributed by atoms with E-state index in [4.69, 9.17) is 0 Å². The highest BCUT2D eigenvalue weighted by Crippen LogP contribution is 2.27. The molecule has 0 bridgehead atoms. The number of nitrogens with one attached hydrogen (secondary N) is 1. The van der Waals surface area contributed by atoms with E-state index < -0.39 is 5.97 Å². The first kappa shape index (κ1) is 12.4. The minimum absolute atomic E-state index is 0.0622. The summed E-state index contributed by atoms with van der Waals surface area (Å²) in [6.45, 7) is 5.79.